The summed E-state index contributed by atoms with van der Waals surface area (Å²) in [7, 11) is 0. The summed E-state index contributed by atoms with van der Waals surface area (Å²) in [6.45, 7) is 2.71. The van der Waals surface area contributed by atoms with Crippen LogP contribution in [0.4, 0.5) is 13.2 Å². The van der Waals surface area contributed by atoms with E-state index in [1.165, 1.54) is 6.42 Å². The molecule has 0 radical (unpaired) electrons. The zero-order valence-electron chi connectivity index (χ0n) is 13.1. The van der Waals surface area contributed by atoms with Gasteiger partial charge in [0, 0.05) is 11.8 Å². The molecule has 1 aliphatic carbocycles. The van der Waals surface area contributed by atoms with Gasteiger partial charge in [-0.1, -0.05) is 13.3 Å². The van der Waals surface area contributed by atoms with E-state index in [0.29, 0.717) is 17.8 Å². The molecule has 0 N–H and O–H groups in total. The summed E-state index contributed by atoms with van der Waals surface area (Å²) in [5.41, 5.74) is 0. The smallest absolute Gasteiger partial charge is 0.349 e. The SMILES string of the molecule is CC1CCC2CCCC3C(C)C(OCC(F)(F)F)OC(O1)C23. The van der Waals surface area contributed by atoms with Crippen molar-refractivity contribution in [2.75, 3.05) is 6.61 Å². The van der Waals surface area contributed by atoms with E-state index in [1.54, 1.807) is 0 Å². The second-order valence-electron chi connectivity index (χ2n) is 7.11. The molecule has 3 aliphatic rings. The van der Waals surface area contributed by atoms with Gasteiger partial charge in [0.25, 0.3) is 0 Å². The maximum atomic E-state index is 12.4. The summed E-state index contributed by atoms with van der Waals surface area (Å²) in [5.74, 6) is 1.18. The van der Waals surface area contributed by atoms with Gasteiger partial charge in [0.1, 0.15) is 6.61 Å². The van der Waals surface area contributed by atoms with Gasteiger partial charge in [0.2, 0.25) is 0 Å². The van der Waals surface area contributed by atoms with Crippen LogP contribution in [0.2, 0.25) is 0 Å². The number of ether oxygens (including phenoxy) is 3. The summed E-state index contributed by atoms with van der Waals surface area (Å²) in [5, 5.41) is 0. The number of rotatable bonds is 2. The number of hydrogen-bond donors (Lipinski definition) is 0. The lowest BCUT2D eigenvalue weighted by molar-refractivity contribution is -0.344. The van der Waals surface area contributed by atoms with Crippen molar-refractivity contribution in [2.45, 2.75) is 70.8 Å². The van der Waals surface area contributed by atoms with Crippen LogP contribution in [0.25, 0.3) is 0 Å². The van der Waals surface area contributed by atoms with Gasteiger partial charge < -0.3 is 14.2 Å². The van der Waals surface area contributed by atoms with Gasteiger partial charge >= 0.3 is 6.18 Å². The molecule has 0 bridgehead atoms. The van der Waals surface area contributed by atoms with Gasteiger partial charge in [-0.25, -0.2) is 0 Å². The molecule has 2 saturated heterocycles. The number of halogens is 3. The Morgan fingerprint density at radius 3 is 2.55 bits per heavy atom. The molecule has 7 atom stereocenters. The molecule has 0 amide bonds. The van der Waals surface area contributed by atoms with Crippen molar-refractivity contribution in [2.24, 2.45) is 23.7 Å². The molecule has 1 saturated carbocycles. The Morgan fingerprint density at radius 2 is 1.82 bits per heavy atom. The van der Waals surface area contributed by atoms with Gasteiger partial charge in [0.15, 0.2) is 12.6 Å². The Hall–Kier alpha value is -0.330. The van der Waals surface area contributed by atoms with E-state index in [2.05, 4.69) is 0 Å². The van der Waals surface area contributed by atoms with Crippen molar-refractivity contribution >= 4 is 0 Å². The van der Waals surface area contributed by atoms with Crippen LogP contribution in [-0.4, -0.2) is 31.5 Å². The highest BCUT2D eigenvalue weighted by molar-refractivity contribution is 4.93. The normalized spacial score (nSPS) is 46.0. The highest BCUT2D eigenvalue weighted by atomic mass is 19.4. The molecule has 0 aromatic carbocycles. The molecular formula is C16H25F3O3. The Labute approximate surface area is 129 Å². The maximum Gasteiger partial charge on any atom is 0.411 e. The molecule has 3 fully saturated rings. The summed E-state index contributed by atoms with van der Waals surface area (Å²) in [6.07, 6.45) is 0.00537. The fourth-order valence-corrected chi connectivity index (χ4v) is 4.51. The average molecular weight is 322 g/mol. The topological polar surface area (TPSA) is 27.7 Å². The highest BCUT2D eigenvalue weighted by Gasteiger charge is 2.51. The quantitative estimate of drug-likeness (QED) is 0.765. The van der Waals surface area contributed by atoms with Crippen molar-refractivity contribution < 1.29 is 27.4 Å². The van der Waals surface area contributed by atoms with Gasteiger partial charge in [-0.15, -0.1) is 0 Å². The summed E-state index contributed by atoms with van der Waals surface area (Å²) >= 11 is 0. The Balaban J connectivity index is 1.75. The van der Waals surface area contributed by atoms with E-state index in [-0.39, 0.29) is 12.0 Å². The number of hydrogen-bond acceptors (Lipinski definition) is 3. The molecule has 128 valence electrons. The van der Waals surface area contributed by atoms with E-state index in [9.17, 15) is 13.2 Å². The van der Waals surface area contributed by atoms with E-state index in [4.69, 9.17) is 14.2 Å². The molecule has 2 heterocycles. The molecule has 3 rings (SSSR count). The van der Waals surface area contributed by atoms with Crippen LogP contribution < -0.4 is 0 Å². The van der Waals surface area contributed by atoms with Crippen molar-refractivity contribution in [1.82, 2.24) is 0 Å². The lowest BCUT2D eigenvalue weighted by Gasteiger charge is -2.50. The Bertz CT molecular complexity index is 387. The van der Waals surface area contributed by atoms with Crippen molar-refractivity contribution in [3.8, 4) is 0 Å². The molecule has 6 heteroatoms. The van der Waals surface area contributed by atoms with E-state index >= 15 is 0 Å². The van der Waals surface area contributed by atoms with Crippen LogP contribution in [0.5, 0.6) is 0 Å². The minimum atomic E-state index is -4.33. The minimum Gasteiger partial charge on any atom is -0.349 e. The van der Waals surface area contributed by atoms with Crippen LogP contribution in [-0.2, 0) is 14.2 Å². The third-order valence-corrected chi connectivity index (χ3v) is 5.56. The van der Waals surface area contributed by atoms with E-state index < -0.39 is 25.4 Å². The third-order valence-electron chi connectivity index (χ3n) is 5.56. The fourth-order valence-electron chi connectivity index (χ4n) is 4.51. The first-order valence-electron chi connectivity index (χ1n) is 8.34. The fraction of sp³-hybridized carbons (Fsp3) is 1.00. The third kappa shape index (κ3) is 3.44. The summed E-state index contributed by atoms with van der Waals surface area (Å²) < 4.78 is 54.2. The van der Waals surface area contributed by atoms with Crippen LogP contribution in [0.3, 0.4) is 0 Å². The van der Waals surface area contributed by atoms with Crippen molar-refractivity contribution in [1.29, 1.82) is 0 Å². The Kier molecular flexibility index (Phi) is 4.72. The number of alkyl halides is 3. The molecule has 3 nitrogen and oxygen atoms in total. The zero-order chi connectivity index (χ0) is 15.9. The van der Waals surface area contributed by atoms with Crippen LogP contribution >= 0.6 is 0 Å². The predicted octanol–water partition coefficient (Wildman–Crippen LogP) is 4.12. The van der Waals surface area contributed by atoms with Crippen molar-refractivity contribution in [3.63, 3.8) is 0 Å². The van der Waals surface area contributed by atoms with Gasteiger partial charge in [0.05, 0.1) is 6.10 Å². The van der Waals surface area contributed by atoms with Crippen LogP contribution in [0.15, 0.2) is 0 Å². The molecule has 0 spiro atoms. The van der Waals surface area contributed by atoms with Crippen molar-refractivity contribution in [3.05, 3.63) is 0 Å². The monoisotopic (exact) mass is 322 g/mol. The summed E-state index contributed by atoms with van der Waals surface area (Å²) in [4.78, 5) is 0. The van der Waals surface area contributed by atoms with Gasteiger partial charge in [-0.2, -0.15) is 13.2 Å². The molecule has 0 aromatic rings. The predicted molar refractivity (Wildman–Crippen MR) is 73.9 cm³/mol. The van der Waals surface area contributed by atoms with Gasteiger partial charge in [-0.05, 0) is 44.4 Å². The average Bonchev–Trinajstić information content (AvgIpc) is 2.60. The second-order valence-corrected chi connectivity index (χ2v) is 7.11. The lowest BCUT2D eigenvalue weighted by Crippen LogP contribution is -2.52. The molecular weight excluding hydrogens is 297 g/mol. The maximum absolute atomic E-state index is 12.4. The van der Waals surface area contributed by atoms with Crippen LogP contribution in [0, 0.1) is 23.7 Å². The van der Waals surface area contributed by atoms with E-state index in [0.717, 1.165) is 25.7 Å². The summed E-state index contributed by atoms with van der Waals surface area (Å²) in [6, 6.07) is 0. The zero-order valence-corrected chi connectivity index (χ0v) is 13.1. The first-order valence-corrected chi connectivity index (χ1v) is 8.34. The molecule has 2 aliphatic heterocycles. The minimum absolute atomic E-state index is 0.0246. The first kappa shape index (κ1) is 16.5. The highest BCUT2D eigenvalue weighted by Crippen LogP contribution is 2.50. The molecule has 22 heavy (non-hydrogen) atoms. The largest absolute Gasteiger partial charge is 0.411 e. The second kappa shape index (κ2) is 6.29. The molecule has 0 aromatic heterocycles. The standard InChI is InChI=1S/C16H25F3O3/c1-9-6-7-11-4-3-5-12-10(2)14(20-8-16(17,18)19)22-15(21-9)13(11)12/h9-15H,3-8H2,1-2H3. The first-order chi connectivity index (χ1) is 10.3. The van der Waals surface area contributed by atoms with Crippen LogP contribution in [0.1, 0.15) is 46.0 Å². The van der Waals surface area contributed by atoms with Gasteiger partial charge in [-0.3, -0.25) is 0 Å². The Morgan fingerprint density at radius 1 is 1.05 bits per heavy atom. The molecule has 7 unspecified atom stereocenters. The lowest BCUT2D eigenvalue weighted by atomic mass is 9.65. The van der Waals surface area contributed by atoms with E-state index in [1.807, 2.05) is 13.8 Å².